The number of carbonyl (C=O) groups excluding carboxylic acids is 6. The Balaban J connectivity index is 1.63. The number of amides is 6. The number of β-amino-alcohol motifs (C(OH)–C–C–N with tert-alkyl or cyclic N) is 1. The average Bonchev–Trinajstić information content (AvgIpc) is 0.985. The van der Waals surface area contributed by atoms with E-state index in [0.29, 0.717) is 88.4 Å². The van der Waals surface area contributed by atoms with Crippen LogP contribution in [0.2, 0.25) is 0 Å². The Morgan fingerprint density at radius 1 is 0.608 bits per heavy atom. The Hall–Kier alpha value is -5.62. The molecular weight excluding hydrogens is 1630 g/mol. The number of guanidine groups is 1. The summed E-state index contributed by atoms with van der Waals surface area (Å²) in [5.41, 5.74) is 11.8. The molecule has 120 heavy (non-hydrogen) atoms. The number of ether oxygens (including phenoxy) is 2. The summed E-state index contributed by atoms with van der Waals surface area (Å²) in [4.78, 5) is 86.3. The van der Waals surface area contributed by atoms with E-state index in [2.05, 4.69) is 100.0 Å². The maximum absolute atomic E-state index is 14.2. The van der Waals surface area contributed by atoms with Crippen molar-refractivity contribution in [3.8, 4) is 0 Å². The van der Waals surface area contributed by atoms with Gasteiger partial charge in [0.15, 0.2) is 18.5 Å². The summed E-state index contributed by atoms with van der Waals surface area (Å²) in [5.74, 6) is -3.89. The molecule has 692 valence electrons. The highest BCUT2D eigenvalue weighted by atomic mass is 33.1. The minimum absolute atomic E-state index is 0.00816. The number of unbranched alkanes of at least 4 members (excludes halogenated alkanes) is 4. The molecule has 0 saturated carbocycles. The molecule has 32 N–H and O–H groups in total. The second-order valence-corrected chi connectivity index (χ2v) is 34.3. The fourth-order valence-electron chi connectivity index (χ4n) is 12.4. The summed E-state index contributed by atoms with van der Waals surface area (Å²) in [6.07, 6.45) is -12.1. The third-order valence-corrected chi connectivity index (χ3v) is 23.7. The third kappa shape index (κ3) is 47.5. The van der Waals surface area contributed by atoms with Crippen molar-refractivity contribution >= 4 is 86.2 Å². The maximum atomic E-state index is 14.2. The van der Waals surface area contributed by atoms with Crippen molar-refractivity contribution in [3.05, 3.63) is 35.9 Å². The zero-order chi connectivity index (χ0) is 89.0. The van der Waals surface area contributed by atoms with Gasteiger partial charge >= 0.3 is 0 Å². The van der Waals surface area contributed by atoms with Gasteiger partial charge < -0.3 is 130 Å². The van der Waals surface area contributed by atoms with Crippen molar-refractivity contribution in [3.63, 3.8) is 0 Å². The molecule has 0 aliphatic carbocycles. The Labute approximate surface area is 716 Å². The number of aliphatic imine (C=N–C) groups is 1. The predicted molar refractivity (Wildman–Crippen MR) is 459 cm³/mol. The third-order valence-electron chi connectivity index (χ3n) is 20.1. The SMILES string of the molecule is CCCCCC(NC(=O)CCCCCN[C@@H](O)[C@@H]1CSCC(=O)N[C@@H](CC(O)O)C(=O)N[C@H]2CSSC[C@H](N[C@H](O)[C@@H](CC(O)O)N[C@@H](O)CN[C@H](O)[C@@H](CCCN=C(N)N)N[C@H]2O)[C@H](O)N[C@H](Cc2ccccc2)[C@@H](O)N1)C(=O)NCCOCCOCCNC(=O)CCC(=O)NCCN(CCNC(C)(C)/C(C)=N\O)CCNC(C)(C)/C(C)=N\O. The first-order valence-electron chi connectivity index (χ1n) is 41.2. The largest absolute Gasteiger partial charge is 0.411 e. The number of nitrogens with two attached hydrogens (primary N) is 2. The number of rotatable bonds is 49. The molecule has 1 unspecified atom stereocenters. The van der Waals surface area contributed by atoms with Gasteiger partial charge in [0.05, 0.1) is 84.9 Å². The van der Waals surface area contributed by atoms with Gasteiger partial charge in [0.1, 0.15) is 55.7 Å². The molecule has 2 aliphatic heterocycles. The number of hydrogen-bond acceptors (Lipinski definition) is 37. The van der Waals surface area contributed by atoms with Crippen LogP contribution < -0.4 is 91.2 Å². The quantitative estimate of drug-likeness (QED) is 0.00549. The molecule has 0 radical (unpaired) electrons. The fourth-order valence-corrected chi connectivity index (χ4v) is 15.8. The number of carbonyl (C=O) groups is 6. The number of aliphatic hydroxyl groups excluding tert-OH is 9. The van der Waals surface area contributed by atoms with Gasteiger partial charge in [-0.05, 0) is 92.2 Å². The number of fused-ring (bicyclic) bond motifs is 5. The van der Waals surface area contributed by atoms with Crippen LogP contribution in [0.3, 0.4) is 0 Å². The summed E-state index contributed by atoms with van der Waals surface area (Å²) in [6, 6.07) is -0.568. The molecule has 2 bridgehead atoms. The average molecular weight is 1770 g/mol. The van der Waals surface area contributed by atoms with Crippen molar-refractivity contribution < 1.29 is 105 Å². The Bertz CT molecular complexity index is 3080. The first kappa shape index (κ1) is 109. The van der Waals surface area contributed by atoms with Crippen molar-refractivity contribution in [1.29, 1.82) is 0 Å². The molecule has 0 spiro atoms. The smallest absolute Gasteiger partial charge is 0.243 e. The predicted octanol–water partition coefficient (Wildman–Crippen LogP) is -6.48. The summed E-state index contributed by atoms with van der Waals surface area (Å²) in [5, 5.41) is 193. The summed E-state index contributed by atoms with van der Waals surface area (Å²) in [6.45, 7) is 17.4. The maximum Gasteiger partial charge on any atom is 0.243 e. The van der Waals surface area contributed by atoms with Crippen LogP contribution in [-0.2, 0) is 44.7 Å². The normalized spacial score (nSPS) is 24.2. The van der Waals surface area contributed by atoms with Crippen LogP contribution in [0.25, 0.3) is 0 Å². The number of nitrogens with zero attached hydrogens (tertiary/aromatic N) is 4. The molecule has 45 heteroatoms. The molecule has 6 amide bonds. The highest BCUT2D eigenvalue weighted by molar-refractivity contribution is 8.76. The standard InChI is InChI=1S/C75H143N21O21S3/c1-8-9-12-20-50(65(106)81-31-36-117-38-37-116-35-30-79-59(98)24-23-58(97)78-27-32-96(33-28-84-74(4,5)47(2)94-114)34-29-85-75(6,7)48(3)95-115)86-60(99)22-15-11-16-25-80-67(108)55-43-118-46-62(101)88-54(41-64(104)105)70(111)92-56-44-119-120-45-57(72(113)90-52(68(109)91-55)39-49-18-13-10-14-19-49)93-69(110)53(40-63(102)103)87-61(100)42-83-66(107)51(89-71(56)112)21-17-26-82-73(76)77/h10,13-14,18-19,50-57,61,63-64,66-69,71-72,80,83-85,87,89-91,93,100,102-105,107-110,112-115H,8-9,11-12,15-17,20-46H2,1-7H3,(H,78,97)(H,79,98)(H,81,106)(H,86,99)(H,88,101)(H,92,111)(H4,76,77,82)/b94-47-,95-48-/t50?,51-,52-,53-,54+,55+,56+,57+,61+,66-,67+,68-,69-,71+,72+/m1/s1. The van der Waals surface area contributed by atoms with Crippen LogP contribution in [0.5, 0.6) is 0 Å². The van der Waals surface area contributed by atoms with Gasteiger partial charge in [-0.25, -0.2) is 0 Å². The molecule has 3 rings (SSSR count). The van der Waals surface area contributed by atoms with Gasteiger partial charge in [-0.2, -0.15) is 11.8 Å². The van der Waals surface area contributed by atoms with E-state index < -0.39 is 147 Å². The minimum atomic E-state index is -2.11. The molecule has 1 aromatic carbocycles. The van der Waals surface area contributed by atoms with Gasteiger partial charge in [0.2, 0.25) is 35.4 Å². The second kappa shape index (κ2) is 61.7. The monoisotopic (exact) mass is 1770 g/mol. The van der Waals surface area contributed by atoms with Crippen LogP contribution in [0.4, 0.5) is 0 Å². The number of oxime groups is 2. The van der Waals surface area contributed by atoms with Crippen molar-refractivity contribution in [1.82, 2.24) is 84.7 Å². The molecule has 1 aromatic rings. The van der Waals surface area contributed by atoms with E-state index in [0.717, 1.165) is 46.2 Å². The Kier molecular flexibility index (Phi) is 55.8. The first-order chi connectivity index (χ1) is 57.1. The van der Waals surface area contributed by atoms with Crippen LogP contribution in [0, 0.1) is 0 Å². The van der Waals surface area contributed by atoms with E-state index in [1.807, 2.05) is 34.6 Å². The number of hydrogen-bond donors (Lipinski definition) is 30. The second-order valence-electron chi connectivity index (χ2n) is 30.8. The lowest BCUT2D eigenvalue weighted by Crippen LogP contribution is -2.64. The lowest BCUT2D eigenvalue weighted by atomic mass is 9.99. The van der Waals surface area contributed by atoms with E-state index in [4.69, 9.17) is 20.9 Å². The van der Waals surface area contributed by atoms with Gasteiger partial charge in [0, 0.05) is 121 Å². The lowest BCUT2D eigenvalue weighted by molar-refractivity contribution is -0.132. The topological polar surface area (TPSA) is 657 Å². The fraction of sp³-hybridized carbons (Fsp3) is 0.800. The Morgan fingerprint density at radius 2 is 1.19 bits per heavy atom. The molecule has 2 heterocycles. The molecule has 15 atom stereocenters. The molecule has 42 nitrogen and oxygen atoms in total. The molecule has 0 aromatic heterocycles. The molecule has 2 saturated heterocycles. The molecular formula is C75H143N21O21S3. The lowest BCUT2D eigenvalue weighted by Gasteiger charge is -2.36. The van der Waals surface area contributed by atoms with Crippen molar-refractivity contribution in [2.45, 2.75) is 260 Å². The van der Waals surface area contributed by atoms with Crippen molar-refractivity contribution in [2.24, 2.45) is 26.8 Å². The van der Waals surface area contributed by atoms with E-state index in [1.165, 1.54) is 0 Å². The molecule has 2 aliphatic rings. The van der Waals surface area contributed by atoms with Gasteiger partial charge in [0.25, 0.3) is 0 Å². The number of aliphatic hydroxyl groups is 11. The Morgan fingerprint density at radius 3 is 1.80 bits per heavy atom. The summed E-state index contributed by atoms with van der Waals surface area (Å²) < 4.78 is 11.3. The zero-order valence-electron chi connectivity index (χ0n) is 70.5. The van der Waals surface area contributed by atoms with E-state index in [9.17, 15) is 95.4 Å². The minimum Gasteiger partial charge on any atom is -0.411 e. The van der Waals surface area contributed by atoms with Gasteiger partial charge in [-0.1, -0.05) is 94.8 Å². The highest BCUT2D eigenvalue weighted by Gasteiger charge is 2.37. The van der Waals surface area contributed by atoms with E-state index in [-0.39, 0.29) is 144 Å². The van der Waals surface area contributed by atoms with Crippen LogP contribution >= 0.6 is 33.3 Å². The van der Waals surface area contributed by atoms with Gasteiger partial charge in [-0.15, -0.1) is 0 Å². The van der Waals surface area contributed by atoms with E-state index in [1.54, 1.807) is 44.2 Å². The summed E-state index contributed by atoms with van der Waals surface area (Å²) >= 11 is 0.977. The number of nitrogens with one attached hydrogen (secondary N) is 15. The first-order valence-corrected chi connectivity index (χ1v) is 44.9. The number of benzene rings is 1. The summed E-state index contributed by atoms with van der Waals surface area (Å²) in [7, 11) is 2.15. The number of thioether (sulfide) groups is 1. The molecule has 2 fully saturated rings. The van der Waals surface area contributed by atoms with Crippen LogP contribution in [0.1, 0.15) is 144 Å². The highest BCUT2D eigenvalue weighted by Crippen LogP contribution is 2.26. The van der Waals surface area contributed by atoms with Crippen molar-refractivity contribution in [2.75, 3.05) is 121 Å². The zero-order valence-corrected chi connectivity index (χ0v) is 72.9. The van der Waals surface area contributed by atoms with Gasteiger partial charge in [-0.3, -0.25) is 75.9 Å². The van der Waals surface area contributed by atoms with Crippen LogP contribution in [0.15, 0.2) is 45.6 Å². The van der Waals surface area contributed by atoms with Crippen LogP contribution in [-0.4, -0.2) is 361 Å². The van der Waals surface area contributed by atoms with E-state index >= 15 is 0 Å².